The highest BCUT2D eigenvalue weighted by molar-refractivity contribution is 5.95. The van der Waals surface area contributed by atoms with E-state index in [2.05, 4.69) is 4.98 Å². The molecule has 0 radical (unpaired) electrons. The van der Waals surface area contributed by atoms with Crippen LogP contribution in [0.15, 0.2) is 6.07 Å². The minimum atomic E-state index is -0.864. The molecular formula is C13H15FN2O3. The van der Waals surface area contributed by atoms with E-state index in [9.17, 15) is 9.18 Å². The van der Waals surface area contributed by atoms with Crippen molar-refractivity contribution in [3.8, 4) is 0 Å². The van der Waals surface area contributed by atoms with E-state index in [0.29, 0.717) is 37.6 Å². The fourth-order valence-electron chi connectivity index (χ4n) is 2.50. The van der Waals surface area contributed by atoms with Gasteiger partial charge in [-0.15, -0.1) is 0 Å². The number of carbonyl (C=O) groups is 1. The molecule has 1 atom stereocenters. The van der Waals surface area contributed by atoms with Crippen LogP contribution in [0.1, 0.15) is 28.0 Å². The van der Waals surface area contributed by atoms with Crippen LogP contribution in [0.2, 0.25) is 0 Å². The summed E-state index contributed by atoms with van der Waals surface area (Å²) in [6, 6.07) is 1.75. The van der Waals surface area contributed by atoms with Crippen molar-refractivity contribution in [1.29, 1.82) is 0 Å². The van der Waals surface area contributed by atoms with Crippen LogP contribution in [0.3, 0.4) is 0 Å². The van der Waals surface area contributed by atoms with E-state index >= 15 is 0 Å². The molecule has 19 heavy (non-hydrogen) atoms. The third-order valence-electron chi connectivity index (χ3n) is 3.50. The standard InChI is InChI=1S/C13H15FN2O3/c1-18-13(17)10-4-8-6-19-7-11(8)15-12(10)16-3-2-9(14)5-16/h4,9H,2-3,5-7H2,1H3. The van der Waals surface area contributed by atoms with Gasteiger partial charge in [0.15, 0.2) is 0 Å². The first-order valence-corrected chi connectivity index (χ1v) is 6.27. The Morgan fingerprint density at radius 1 is 1.58 bits per heavy atom. The number of alkyl halides is 1. The van der Waals surface area contributed by atoms with Crippen molar-refractivity contribution < 1.29 is 18.7 Å². The van der Waals surface area contributed by atoms with E-state index in [4.69, 9.17) is 9.47 Å². The van der Waals surface area contributed by atoms with Crippen molar-refractivity contribution in [3.63, 3.8) is 0 Å². The van der Waals surface area contributed by atoms with Gasteiger partial charge in [-0.05, 0) is 12.5 Å². The van der Waals surface area contributed by atoms with Gasteiger partial charge >= 0.3 is 5.97 Å². The lowest BCUT2D eigenvalue weighted by Crippen LogP contribution is -2.24. The van der Waals surface area contributed by atoms with E-state index < -0.39 is 12.1 Å². The van der Waals surface area contributed by atoms with Gasteiger partial charge in [-0.3, -0.25) is 0 Å². The van der Waals surface area contributed by atoms with E-state index in [-0.39, 0.29) is 6.54 Å². The fourth-order valence-corrected chi connectivity index (χ4v) is 2.50. The van der Waals surface area contributed by atoms with Gasteiger partial charge in [0.1, 0.15) is 17.6 Å². The van der Waals surface area contributed by atoms with E-state index in [0.717, 1.165) is 11.3 Å². The number of halogens is 1. The monoisotopic (exact) mass is 266 g/mol. The second kappa shape index (κ2) is 4.77. The van der Waals surface area contributed by atoms with Crippen LogP contribution in [0.5, 0.6) is 0 Å². The van der Waals surface area contributed by atoms with Crippen molar-refractivity contribution in [2.24, 2.45) is 0 Å². The van der Waals surface area contributed by atoms with Crippen LogP contribution in [0.25, 0.3) is 0 Å². The summed E-state index contributed by atoms with van der Waals surface area (Å²) in [6.07, 6.45) is -0.396. The molecule has 3 rings (SSSR count). The minimum Gasteiger partial charge on any atom is -0.465 e. The number of ether oxygens (including phenoxy) is 2. The number of nitrogens with zero attached hydrogens (tertiary/aromatic N) is 2. The van der Waals surface area contributed by atoms with E-state index in [1.807, 2.05) is 0 Å². The molecule has 6 heteroatoms. The lowest BCUT2D eigenvalue weighted by Gasteiger charge is -2.20. The third-order valence-corrected chi connectivity index (χ3v) is 3.50. The quantitative estimate of drug-likeness (QED) is 0.758. The van der Waals surface area contributed by atoms with Gasteiger partial charge in [0.25, 0.3) is 0 Å². The Balaban J connectivity index is 2.03. The van der Waals surface area contributed by atoms with Crippen molar-refractivity contribution in [1.82, 2.24) is 4.98 Å². The second-order valence-corrected chi connectivity index (χ2v) is 4.78. The minimum absolute atomic E-state index is 0.274. The predicted octanol–water partition coefficient (Wildman–Crippen LogP) is 1.45. The summed E-state index contributed by atoms with van der Waals surface area (Å²) in [5.41, 5.74) is 2.12. The normalized spacial score (nSPS) is 21.6. The zero-order chi connectivity index (χ0) is 13.4. The molecule has 1 aromatic heterocycles. The van der Waals surface area contributed by atoms with Crippen LogP contribution in [0.4, 0.5) is 10.2 Å². The average Bonchev–Trinajstić information content (AvgIpc) is 3.04. The van der Waals surface area contributed by atoms with Crippen molar-refractivity contribution >= 4 is 11.8 Å². The number of hydrogen-bond donors (Lipinski definition) is 0. The lowest BCUT2D eigenvalue weighted by molar-refractivity contribution is 0.0601. The Morgan fingerprint density at radius 3 is 3.11 bits per heavy atom. The Labute approximate surface area is 110 Å². The maximum atomic E-state index is 13.3. The smallest absolute Gasteiger partial charge is 0.341 e. The van der Waals surface area contributed by atoms with Gasteiger partial charge in [0, 0.05) is 12.1 Å². The largest absolute Gasteiger partial charge is 0.465 e. The summed E-state index contributed by atoms with van der Waals surface area (Å²) >= 11 is 0. The molecular weight excluding hydrogens is 251 g/mol. The summed E-state index contributed by atoms with van der Waals surface area (Å²) < 4.78 is 23.4. The number of hydrogen-bond acceptors (Lipinski definition) is 5. The Kier molecular flexibility index (Phi) is 3.10. The molecule has 0 spiro atoms. The highest BCUT2D eigenvalue weighted by Gasteiger charge is 2.29. The van der Waals surface area contributed by atoms with Gasteiger partial charge in [0.2, 0.25) is 0 Å². The van der Waals surface area contributed by atoms with Gasteiger partial charge in [-0.1, -0.05) is 0 Å². The molecule has 0 amide bonds. The maximum Gasteiger partial charge on any atom is 0.341 e. The highest BCUT2D eigenvalue weighted by Crippen LogP contribution is 2.29. The molecule has 2 aliphatic heterocycles. The third kappa shape index (κ3) is 2.16. The molecule has 0 aromatic carbocycles. The van der Waals surface area contributed by atoms with Gasteiger partial charge in [-0.2, -0.15) is 0 Å². The van der Waals surface area contributed by atoms with E-state index in [1.165, 1.54) is 7.11 Å². The number of aromatic nitrogens is 1. The van der Waals surface area contributed by atoms with Gasteiger partial charge in [0.05, 0.1) is 32.6 Å². The maximum absolute atomic E-state index is 13.3. The zero-order valence-electron chi connectivity index (χ0n) is 10.7. The summed E-state index contributed by atoms with van der Waals surface area (Å²) in [5.74, 6) is 0.0655. The first-order chi connectivity index (χ1) is 9.19. The summed E-state index contributed by atoms with van der Waals surface area (Å²) in [4.78, 5) is 18.1. The summed E-state index contributed by atoms with van der Waals surface area (Å²) in [5, 5.41) is 0. The molecule has 1 saturated heterocycles. The average molecular weight is 266 g/mol. The lowest BCUT2D eigenvalue weighted by atomic mass is 10.1. The van der Waals surface area contributed by atoms with Crippen LogP contribution < -0.4 is 4.90 Å². The number of carbonyl (C=O) groups excluding carboxylic acids is 1. The van der Waals surface area contributed by atoms with Crippen molar-refractivity contribution in [2.75, 3.05) is 25.1 Å². The number of rotatable bonds is 2. The summed E-state index contributed by atoms with van der Waals surface area (Å²) in [7, 11) is 1.33. The van der Waals surface area contributed by atoms with Crippen LogP contribution in [-0.2, 0) is 22.7 Å². The molecule has 0 N–H and O–H groups in total. The van der Waals surface area contributed by atoms with Gasteiger partial charge < -0.3 is 14.4 Å². The number of fused-ring (bicyclic) bond motifs is 1. The molecule has 5 nitrogen and oxygen atoms in total. The molecule has 1 aromatic rings. The Morgan fingerprint density at radius 2 is 2.42 bits per heavy atom. The molecule has 102 valence electrons. The number of anilines is 1. The van der Waals surface area contributed by atoms with Crippen LogP contribution in [-0.4, -0.2) is 37.3 Å². The molecule has 0 saturated carbocycles. The molecule has 2 aliphatic rings. The number of pyridine rings is 1. The van der Waals surface area contributed by atoms with E-state index in [1.54, 1.807) is 11.0 Å². The highest BCUT2D eigenvalue weighted by atomic mass is 19.1. The molecule has 1 unspecified atom stereocenters. The van der Waals surface area contributed by atoms with Gasteiger partial charge in [-0.25, -0.2) is 14.2 Å². The first-order valence-electron chi connectivity index (χ1n) is 6.27. The first kappa shape index (κ1) is 12.3. The number of methoxy groups -OCH3 is 1. The fraction of sp³-hybridized carbons (Fsp3) is 0.538. The molecule has 0 bridgehead atoms. The molecule has 1 fully saturated rings. The SMILES string of the molecule is COC(=O)c1cc2c(nc1N1CCC(F)C1)COC2. The zero-order valence-corrected chi connectivity index (χ0v) is 10.7. The Hall–Kier alpha value is -1.69. The van der Waals surface area contributed by atoms with Crippen molar-refractivity contribution in [3.05, 3.63) is 22.9 Å². The predicted molar refractivity (Wildman–Crippen MR) is 65.8 cm³/mol. The molecule has 3 heterocycles. The second-order valence-electron chi connectivity index (χ2n) is 4.78. The van der Waals surface area contributed by atoms with Crippen molar-refractivity contribution in [2.45, 2.75) is 25.8 Å². The Bertz CT molecular complexity index is 521. The van der Waals surface area contributed by atoms with Crippen LogP contribution >= 0.6 is 0 Å². The topological polar surface area (TPSA) is 51.7 Å². The molecule has 0 aliphatic carbocycles. The summed E-state index contributed by atoms with van der Waals surface area (Å²) in [6.45, 7) is 1.74. The van der Waals surface area contributed by atoms with Crippen LogP contribution in [0, 0.1) is 0 Å². The number of esters is 1.